The van der Waals surface area contributed by atoms with Gasteiger partial charge in [-0.15, -0.1) is 11.6 Å². The van der Waals surface area contributed by atoms with Gasteiger partial charge in [0.2, 0.25) is 0 Å². The van der Waals surface area contributed by atoms with E-state index in [0.717, 1.165) is 19.3 Å². The van der Waals surface area contributed by atoms with Gasteiger partial charge in [0.15, 0.2) is 0 Å². The Balaban J connectivity index is 1.78. The van der Waals surface area contributed by atoms with Crippen LogP contribution in [0.1, 0.15) is 58.8 Å². The molecule has 2 bridgehead atoms. The van der Waals surface area contributed by atoms with Crippen LogP contribution in [0.15, 0.2) is 0 Å². The normalized spacial score (nSPS) is 42.6. The number of hydrogen-bond acceptors (Lipinski definition) is 3. The molecule has 126 valence electrons. The molecule has 4 atom stereocenters. The number of nitrogens with zero attached hydrogens (tertiary/aromatic N) is 1. The third-order valence-electron chi connectivity index (χ3n) is 6.25. The molecule has 0 aromatic rings. The molecule has 4 heteroatoms. The number of esters is 1. The predicted molar refractivity (Wildman–Crippen MR) is 89.0 cm³/mol. The van der Waals surface area contributed by atoms with Gasteiger partial charge in [0.1, 0.15) is 0 Å². The number of fused-ring (bicyclic) bond motifs is 2. The molecule has 3 rings (SSSR count). The minimum atomic E-state index is -0.0174. The van der Waals surface area contributed by atoms with Crippen molar-refractivity contribution in [2.45, 2.75) is 82.4 Å². The first-order valence-corrected chi connectivity index (χ1v) is 9.47. The van der Waals surface area contributed by atoms with Crippen molar-refractivity contribution >= 4 is 17.6 Å². The number of rotatable bonds is 3. The Morgan fingerprint density at radius 3 is 2.45 bits per heavy atom. The Bertz CT molecular complexity index is 406. The van der Waals surface area contributed by atoms with E-state index >= 15 is 0 Å². The zero-order valence-corrected chi connectivity index (χ0v) is 14.9. The van der Waals surface area contributed by atoms with Crippen LogP contribution >= 0.6 is 11.6 Å². The standard InChI is InChI=1S/C18H30ClNO2/c1-11(2)22-18(21)17-15(12-4-6-13(19)7-5-12)10-14-8-9-16(17)20(14)3/h11-17H,4-10H2,1-3H3/t12?,13?,14-,15-,16?,17?/m1/s1. The zero-order chi connectivity index (χ0) is 15.9. The molecule has 1 saturated carbocycles. The Morgan fingerprint density at radius 2 is 1.82 bits per heavy atom. The van der Waals surface area contributed by atoms with Crippen LogP contribution in [0.2, 0.25) is 0 Å². The van der Waals surface area contributed by atoms with E-state index in [2.05, 4.69) is 11.9 Å². The van der Waals surface area contributed by atoms with Crippen LogP contribution < -0.4 is 0 Å². The number of piperidine rings is 1. The fourth-order valence-electron chi connectivity index (χ4n) is 5.14. The van der Waals surface area contributed by atoms with E-state index in [4.69, 9.17) is 16.3 Å². The summed E-state index contributed by atoms with van der Waals surface area (Å²) < 4.78 is 5.64. The molecular weight excluding hydrogens is 298 g/mol. The maximum Gasteiger partial charge on any atom is 0.311 e. The van der Waals surface area contributed by atoms with Gasteiger partial charge in [-0.05, 0) is 77.7 Å². The van der Waals surface area contributed by atoms with E-state index < -0.39 is 0 Å². The SMILES string of the molecule is CC(C)OC(=O)C1C2CC[C@H](C[C@@H]1C1CCC(Cl)CC1)N2C. The minimum absolute atomic E-state index is 0.0174. The van der Waals surface area contributed by atoms with Crippen LogP contribution in [0.4, 0.5) is 0 Å². The largest absolute Gasteiger partial charge is 0.463 e. The Hall–Kier alpha value is -0.280. The van der Waals surface area contributed by atoms with Crippen molar-refractivity contribution in [2.24, 2.45) is 17.8 Å². The minimum Gasteiger partial charge on any atom is -0.463 e. The lowest BCUT2D eigenvalue weighted by molar-refractivity contribution is -0.161. The highest BCUT2D eigenvalue weighted by Crippen LogP contribution is 2.48. The molecule has 0 N–H and O–H groups in total. The van der Waals surface area contributed by atoms with Crippen molar-refractivity contribution < 1.29 is 9.53 Å². The van der Waals surface area contributed by atoms with Crippen LogP contribution in [-0.2, 0) is 9.53 Å². The van der Waals surface area contributed by atoms with Gasteiger partial charge >= 0.3 is 5.97 Å². The molecule has 2 aliphatic heterocycles. The van der Waals surface area contributed by atoms with Crippen molar-refractivity contribution in [3.63, 3.8) is 0 Å². The summed E-state index contributed by atoms with van der Waals surface area (Å²) in [7, 11) is 2.20. The number of carbonyl (C=O) groups is 1. The lowest BCUT2D eigenvalue weighted by Crippen LogP contribution is -2.52. The first-order chi connectivity index (χ1) is 10.5. The number of ether oxygens (including phenoxy) is 1. The van der Waals surface area contributed by atoms with Crippen molar-refractivity contribution in [3.05, 3.63) is 0 Å². The van der Waals surface area contributed by atoms with Crippen molar-refractivity contribution in [3.8, 4) is 0 Å². The van der Waals surface area contributed by atoms with Crippen molar-refractivity contribution in [1.82, 2.24) is 4.90 Å². The molecule has 0 spiro atoms. The summed E-state index contributed by atoms with van der Waals surface area (Å²) in [5.74, 6) is 1.29. The summed E-state index contributed by atoms with van der Waals surface area (Å²) in [6.07, 6.45) is 8.15. The van der Waals surface area contributed by atoms with E-state index in [1.165, 1.54) is 25.7 Å². The lowest BCUT2D eigenvalue weighted by Gasteiger charge is -2.46. The third kappa shape index (κ3) is 3.17. The zero-order valence-electron chi connectivity index (χ0n) is 14.1. The van der Waals surface area contributed by atoms with Gasteiger partial charge < -0.3 is 4.74 Å². The fourth-order valence-corrected chi connectivity index (χ4v) is 5.39. The summed E-state index contributed by atoms with van der Waals surface area (Å²) in [6, 6.07) is 1.07. The summed E-state index contributed by atoms with van der Waals surface area (Å²) in [5.41, 5.74) is 0. The average Bonchev–Trinajstić information content (AvgIpc) is 2.71. The second kappa shape index (κ2) is 6.68. The summed E-state index contributed by atoms with van der Waals surface area (Å²) in [6.45, 7) is 3.91. The number of alkyl halides is 1. The van der Waals surface area contributed by atoms with E-state index in [-0.39, 0.29) is 18.0 Å². The van der Waals surface area contributed by atoms with E-state index in [1.54, 1.807) is 0 Å². The first-order valence-electron chi connectivity index (χ1n) is 9.04. The molecule has 22 heavy (non-hydrogen) atoms. The molecule has 0 aromatic heterocycles. The summed E-state index contributed by atoms with van der Waals surface area (Å²) in [4.78, 5) is 15.2. The Labute approximate surface area is 139 Å². The second-order valence-electron chi connectivity index (χ2n) is 7.89. The average molecular weight is 328 g/mol. The highest BCUT2D eigenvalue weighted by molar-refractivity contribution is 6.20. The second-order valence-corrected chi connectivity index (χ2v) is 8.50. The van der Waals surface area contributed by atoms with Gasteiger partial charge in [-0.2, -0.15) is 0 Å². The first kappa shape index (κ1) is 16.6. The van der Waals surface area contributed by atoms with Crippen LogP contribution in [0, 0.1) is 17.8 Å². The van der Waals surface area contributed by atoms with Gasteiger partial charge in [-0.3, -0.25) is 9.69 Å². The fraction of sp³-hybridized carbons (Fsp3) is 0.944. The number of hydrogen-bond donors (Lipinski definition) is 0. The molecule has 0 amide bonds. The predicted octanol–water partition coefficient (Wildman–Crippen LogP) is 3.83. The molecule has 0 radical (unpaired) electrons. The Kier molecular flexibility index (Phi) is 5.04. The molecule has 0 aromatic carbocycles. The van der Waals surface area contributed by atoms with E-state index in [0.29, 0.717) is 29.3 Å². The summed E-state index contributed by atoms with van der Waals surface area (Å²) >= 11 is 6.28. The topological polar surface area (TPSA) is 29.5 Å². The third-order valence-corrected chi connectivity index (χ3v) is 6.68. The molecule has 3 nitrogen and oxygen atoms in total. The van der Waals surface area contributed by atoms with Crippen LogP contribution in [0.5, 0.6) is 0 Å². The van der Waals surface area contributed by atoms with Crippen LogP contribution in [-0.4, -0.2) is 41.5 Å². The number of carbonyl (C=O) groups excluding carboxylic acids is 1. The van der Waals surface area contributed by atoms with Gasteiger partial charge in [0.25, 0.3) is 0 Å². The van der Waals surface area contributed by atoms with Crippen LogP contribution in [0.25, 0.3) is 0 Å². The molecule has 2 unspecified atom stereocenters. The van der Waals surface area contributed by atoms with Gasteiger partial charge in [0, 0.05) is 17.5 Å². The highest BCUT2D eigenvalue weighted by atomic mass is 35.5. The number of halogens is 1. The lowest BCUT2D eigenvalue weighted by atomic mass is 9.68. The van der Waals surface area contributed by atoms with Crippen molar-refractivity contribution in [1.29, 1.82) is 0 Å². The molecule has 3 fully saturated rings. The Morgan fingerprint density at radius 1 is 1.14 bits per heavy atom. The van der Waals surface area contributed by atoms with E-state index in [1.807, 2.05) is 13.8 Å². The maximum atomic E-state index is 12.8. The molecular formula is C18H30ClNO2. The maximum absolute atomic E-state index is 12.8. The van der Waals surface area contributed by atoms with Gasteiger partial charge in [-0.1, -0.05) is 0 Å². The molecule has 1 aliphatic carbocycles. The molecule has 2 heterocycles. The van der Waals surface area contributed by atoms with E-state index in [9.17, 15) is 4.79 Å². The monoisotopic (exact) mass is 327 g/mol. The summed E-state index contributed by atoms with van der Waals surface area (Å²) in [5, 5.41) is 0.348. The molecule has 3 aliphatic rings. The van der Waals surface area contributed by atoms with Crippen molar-refractivity contribution in [2.75, 3.05) is 7.05 Å². The molecule has 2 saturated heterocycles. The quantitative estimate of drug-likeness (QED) is 0.582. The smallest absolute Gasteiger partial charge is 0.311 e. The van der Waals surface area contributed by atoms with Gasteiger partial charge in [0.05, 0.1) is 12.0 Å². The highest BCUT2D eigenvalue weighted by Gasteiger charge is 2.51. The van der Waals surface area contributed by atoms with Crippen LogP contribution in [0.3, 0.4) is 0 Å². The van der Waals surface area contributed by atoms with Gasteiger partial charge in [-0.25, -0.2) is 0 Å².